The molecule has 92 valence electrons. The molecule has 3 N–H and O–H groups in total. The summed E-state index contributed by atoms with van der Waals surface area (Å²) in [4.78, 5) is 26.6. The lowest BCUT2D eigenvalue weighted by molar-refractivity contribution is -0.123. The Morgan fingerprint density at radius 2 is 1.89 bits per heavy atom. The molecule has 1 fully saturated rings. The van der Waals surface area contributed by atoms with Crippen LogP contribution in [0.25, 0.3) is 10.9 Å². The Hall–Kier alpha value is -2.30. The summed E-state index contributed by atoms with van der Waals surface area (Å²) in [6, 6.07) is 7.28. The third kappa shape index (κ3) is 1.27. The van der Waals surface area contributed by atoms with Gasteiger partial charge in [0.2, 0.25) is 0 Å². The molecule has 2 heterocycles. The standard InChI is InChI=1S/C13H13N3O2/c1-7-10(8-5-3-4-6-9(8)14-7)13(2)11(17)15-12(18)16-13/h3-6,14H,1-2H3,(H2,15,16,17,18). The van der Waals surface area contributed by atoms with Gasteiger partial charge in [0.15, 0.2) is 0 Å². The van der Waals surface area contributed by atoms with Gasteiger partial charge in [0.25, 0.3) is 5.91 Å². The number of nitrogens with one attached hydrogen (secondary N) is 3. The van der Waals surface area contributed by atoms with Gasteiger partial charge in [0.05, 0.1) is 0 Å². The molecule has 0 radical (unpaired) electrons. The number of para-hydroxylation sites is 1. The summed E-state index contributed by atoms with van der Waals surface area (Å²) in [6.07, 6.45) is 0. The van der Waals surface area contributed by atoms with Crippen LogP contribution in [-0.2, 0) is 10.3 Å². The van der Waals surface area contributed by atoms with Crippen LogP contribution in [0.2, 0.25) is 0 Å². The normalized spacial score (nSPS) is 23.2. The van der Waals surface area contributed by atoms with Crippen LogP contribution in [0.1, 0.15) is 18.2 Å². The molecule has 3 rings (SSSR count). The highest BCUT2D eigenvalue weighted by atomic mass is 16.2. The van der Waals surface area contributed by atoms with Gasteiger partial charge in [0, 0.05) is 22.2 Å². The van der Waals surface area contributed by atoms with Crippen molar-refractivity contribution in [2.75, 3.05) is 0 Å². The molecule has 5 heteroatoms. The van der Waals surface area contributed by atoms with Crippen molar-refractivity contribution in [1.29, 1.82) is 0 Å². The molecule has 2 aromatic rings. The SMILES string of the molecule is Cc1[nH]c2ccccc2c1C1(C)NC(=O)NC1=O. The fraction of sp³-hybridized carbons (Fsp3) is 0.231. The van der Waals surface area contributed by atoms with E-state index in [1.807, 2.05) is 31.2 Å². The third-order valence-corrected chi connectivity index (χ3v) is 3.44. The zero-order chi connectivity index (χ0) is 12.9. The van der Waals surface area contributed by atoms with E-state index >= 15 is 0 Å². The molecule has 1 unspecified atom stereocenters. The number of aromatic amines is 1. The van der Waals surface area contributed by atoms with Crippen LogP contribution in [0.4, 0.5) is 4.79 Å². The monoisotopic (exact) mass is 243 g/mol. The van der Waals surface area contributed by atoms with E-state index in [1.165, 1.54) is 0 Å². The fourth-order valence-corrected chi connectivity index (χ4v) is 2.64. The van der Waals surface area contributed by atoms with E-state index < -0.39 is 11.6 Å². The zero-order valence-corrected chi connectivity index (χ0v) is 10.1. The van der Waals surface area contributed by atoms with Crippen molar-refractivity contribution in [2.24, 2.45) is 0 Å². The first-order chi connectivity index (χ1) is 8.52. The molecular formula is C13H13N3O2. The molecule has 1 aliphatic rings. The molecule has 1 saturated heterocycles. The van der Waals surface area contributed by atoms with E-state index in [2.05, 4.69) is 15.6 Å². The molecular weight excluding hydrogens is 230 g/mol. The quantitative estimate of drug-likeness (QED) is 0.664. The maximum absolute atomic E-state index is 12.0. The van der Waals surface area contributed by atoms with Crippen LogP contribution in [0.3, 0.4) is 0 Å². The van der Waals surface area contributed by atoms with Crippen molar-refractivity contribution in [1.82, 2.24) is 15.6 Å². The van der Waals surface area contributed by atoms with Crippen LogP contribution in [0.5, 0.6) is 0 Å². The Morgan fingerprint density at radius 3 is 2.56 bits per heavy atom. The number of aromatic nitrogens is 1. The van der Waals surface area contributed by atoms with E-state index in [9.17, 15) is 9.59 Å². The second-order valence-corrected chi connectivity index (χ2v) is 4.70. The van der Waals surface area contributed by atoms with Crippen molar-refractivity contribution in [3.8, 4) is 0 Å². The highest BCUT2D eigenvalue weighted by molar-refractivity contribution is 6.09. The molecule has 5 nitrogen and oxygen atoms in total. The molecule has 0 saturated carbocycles. The van der Waals surface area contributed by atoms with Gasteiger partial charge in [-0.3, -0.25) is 10.1 Å². The predicted octanol–water partition coefficient (Wildman–Crippen LogP) is 1.53. The van der Waals surface area contributed by atoms with Gasteiger partial charge in [0.1, 0.15) is 5.54 Å². The maximum atomic E-state index is 12.0. The fourth-order valence-electron chi connectivity index (χ4n) is 2.64. The van der Waals surface area contributed by atoms with Crippen molar-refractivity contribution >= 4 is 22.8 Å². The Labute approximate surface area is 104 Å². The van der Waals surface area contributed by atoms with Crippen LogP contribution in [0.15, 0.2) is 24.3 Å². The first kappa shape index (κ1) is 10.8. The number of imide groups is 1. The summed E-state index contributed by atoms with van der Waals surface area (Å²) in [5.74, 6) is -0.319. The molecule has 1 aliphatic heterocycles. The first-order valence-corrected chi connectivity index (χ1v) is 5.74. The predicted molar refractivity (Wildman–Crippen MR) is 67.1 cm³/mol. The van der Waals surface area contributed by atoms with Gasteiger partial charge in [-0.1, -0.05) is 18.2 Å². The number of carbonyl (C=O) groups is 2. The lowest BCUT2D eigenvalue weighted by Gasteiger charge is -2.21. The number of urea groups is 1. The second kappa shape index (κ2) is 3.35. The Balaban J connectivity index is 2.29. The highest BCUT2D eigenvalue weighted by Crippen LogP contribution is 2.33. The lowest BCUT2D eigenvalue weighted by atomic mass is 9.90. The molecule has 1 aromatic heterocycles. The molecule has 0 bridgehead atoms. The molecule has 1 aromatic carbocycles. The summed E-state index contributed by atoms with van der Waals surface area (Å²) in [5, 5.41) is 5.93. The van der Waals surface area contributed by atoms with E-state index in [4.69, 9.17) is 0 Å². The maximum Gasteiger partial charge on any atom is 0.322 e. The number of H-pyrrole nitrogens is 1. The number of hydrogen-bond donors (Lipinski definition) is 3. The van der Waals surface area contributed by atoms with Crippen LogP contribution in [0, 0.1) is 6.92 Å². The minimum absolute atomic E-state index is 0.319. The van der Waals surface area contributed by atoms with Gasteiger partial charge >= 0.3 is 6.03 Å². The summed E-state index contributed by atoms with van der Waals surface area (Å²) in [6.45, 7) is 3.62. The summed E-state index contributed by atoms with van der Waals surface area (Å²) >= 11 is 0. The number of benzene rings is 1. The zero-order valence-electron chi connectivity index (χ0n) is 10.1. The number of hydrogen-bond acceptors (Lipinski definition) is 2. The van der Waals surface area contributed by atoms with Gasteiger partial charge in [-0.25, -0.2) is 4.79 Å². The minimum Gasteiger partial charge on any atom is -0.358 e. The van der Waals surface area contributed by atoms with Gasteiger partial charge in [-0.05, 0) is 19.9 Å². The van der Waals surface area contributed by atoms with E-state index in [0.29, 0.717) is 0 Å². The molecule has 3 amide bonds. The molecule has 0 aliphatic carbocycles. The van der Waals surface area contributed by atoms with Crippen molar-refractivity contribution in [3.05, 3.63) is 35.5 Å². The van der Waals surface area contributed by atoms with Crippen molar-refractivity contribution < 1.29 is 9.59 Å². The number of rotatable bonds is 1. The Bertz CT molecular complexity index is 674. The minimum atomic E-state index is -1.01. The van der Waals surface area contributed by atoms with E-state index in [1.54, 1.807) is 6.92 Å². The van der Waals surface area contributed by atoms with Crippen molar-refractivity contribution in [2.45, 2.75) is 19.4 Å². The molecule has 0 spiro atoms. The number of fused-ring (bicyclic) bond motifs is 1. The molecule has 1 atom stereocenters. The summed E-state index contributed by atoms with van der Waals surface area (Å²) < 4.78 is 0. The average Bonchev–Trinajstić information content (AvgIpc) is 2.76. The number of carbonyl (C=O) groups excluding carboxylic acids is 2. The lowest BCUT2D eigenvalue weighted by Crippen LogP contribution is -2.40. The number of amides is 3. The van der Waals surface area contributed by atoms with Crippen LogP contribution in [-0.4, -0.2) is 16.9 Å². The van der Waals surface area contributed by atoms with Gasteiger partial charge in [-0.2, -0.15) is 0 Å². The van der Waals surface area contributed by atoms with Crippen LogP contribution >= 0.6 is 0 Å². The van der Waals surface area contributed by atoms with Crippen LogP contribution < -0.4 is 10.6 Å². The Morgan fingerprint density at radius 1 is 1.17 bits per heavy atom. The second-order valence-electron chi connectivity index (χ2n) is 4.70. The van der Waals surface area contributed by atoms with E-state index in [0.717, 1.165) is 22.2 Å². The van der Waals surface area contributed by atoms with Crippen molar-refractivity contribution in [3.63, 3.8) is 0 Å². The summed E-state index contributed by atoms with van der Waals surface area (Å²) in [7, 11) is 0. The largest absolute Gasteiger partial charge is 0.358 e. The topological polar surface area (TPSA) is 74.0 Å². The van der Waals surface area contributed by atoms with Gasteiger partial charge in [-0.15, -0.1) is 0 Å². The Kier molecular flexibility index (Phi) is 2.02. The van der Waals surface area contributed by atoms with Gasteiger partial charge < -0.3 is 10.3 Å². The third-order valence-electron chi connectivity index (χ3n) is 3.44. The average molecular weight is 243 g/mol. The number of aryl methyl sites for hydroxylation is 1. The smallest absolute Gasteiger partial charge is 0.322 e. The first-order valence-electron chi connectivity index (χ1n) is 5.74. The molecule has 18 heavy (non-hydrogen) atoms. The highest BCUT2D eigenvalue weighted by Gasteiger charge is 2.45. The summed E-state index contributed by atoms with van der Waals surface area (Å²) in [5.41, 5.74) is 1.65. The van der Waals surface area contributed by atoms with E-state index in [-0.39, 0.29) is 5.91 Å².